The molecule has 0 spiro atoms. The molecule has 1 fully saturated rings. The fourth-order valence-electron chi connectivity index (χ4n) is 3.68. The molecule has 1 N–H and O–H groups in total. The maximum Gasteiger partial charge on any atom is 0.387 e. The van der Waals surface area contributed by atoms with Crippen LogP contribution in [0.5, 0.6) is 5.75 Å². The summed E-state index contributed by atoms with van der Waals surface area (Å²) < 4.78 is 28.7. The molecule has 4 rings (SSSR count). The molecule has 1 unspecified atom stereocenters. The Labute approximate surface area is 172 Å². The number of hydrogen-bond acceptors (Lipinski definition) is 3. The van der Waals surface area contributed by atoms with E-state index < -0.39 is 12.5 Å². The molecular weight excluding hydrogens is 390 g/mol. The largest absolute Gasteiger partial charge is 0.435 e. The van der Waals surface area contributed by atoms with E-state index in [4.69, 9.17) is 0 Å². The number of benzene rings is 3. The van der Waals surface area contributed by atoms with Crippen LogP contribution in [0.2, 0.25) is 0 Å². The number of nitrogens with zero attached hydrogens (tertiary/aromatic N) is 1. The summed E-state index contributed by atoms with van der Waals surface area (Å²) in [5.41, 5.74) is 1.56. The highest BCUT2D eigenvalue weighted by atomic mass is 19.3. The zero-order valence-corrected chi connectivity index (χ0v) is 16.1. The fraction of sp³-hybridized carbons (Fsp3) is 0.217. The number of anilines is 1. The zero-order chi connectivity index (χ0) is 21.1. The van der Waals surface area contributed by atoms with Crippen LogP contribution in [-0.4, -0.2) is 25.0 Å². The van der Waals surface area contributed by atoms with E-state index in [0.717, 1.165) is 22.0 Å². The van der Waals surface area contributed by atoms with Crippen LogP contribution >= 0.6 is 0 Å². The Bertz CT molecular complexity index is 1060. The first-order valence-corrected chi connectivity index (χ1v) is 9.61. The van der Waals surface area contributed by atoms with Gasteiger partial charge in [-0.1, -0.05) is 48.5 Å². The van der Waals surface area contributed by atoms with Crippen LogP contribution < -0.4 is 15.0 Å². The normalized spacial score (nSPS) is 16.3. The third kappa shape index (κ3) is 4.25. The fourth-order valence-corrected chi connectivity index (χ4v) is 3.68. The summed E-state index contributed by atoms with van der Waals surface area (Å²) in [6.45, 7) is -2.31. The number of rotatable bonds is 6. The molecule has 1 aliphatic rings. The monoisotopic (exact) mass is 410 g/mol. The summed E-state index contributed by atoms with van der Waals surface area (Å²) in [5, 5.41) is 4.83. The molecule has 1 atom stereocenters. The lowest BCUT2D eigenvalue weighted by molar-refractivity contribution is -0.126. The van der Waals surface area contributed by atoms with Gasteiger partial charge in [-0.05, 0) is 29.1 Å². The minimum absolute atomic E-state index is 0.0622. The van der Waals surface area contributed by atoms with Gasteiger partial charge in [0.1, 0.15) is 5.75 Å². The average molecular weight is 410 g/mol. The summed E-state index contributed by atoms with van der Waals surface area (Å²) in [6.07, 6.45) is 0.149. The van der Waals surface area contributed by atoms with Crippen molar-refractivity contribution in [2.75, 3.05) is 11.4 Å². The molecule has 7 heteroatoms. The maximum atomic E-state index is 12.6. The minimum atomic E-state index is -2.87. The van der Waals surface area contributed by atoms with E-state index in [1.54, 1.807) is 17.0 Å². The number of alkyl halides is 2. The van der Waals surface area contributed by atoms with Crippen molar-refractivity contribution in [2.45, 2.75) is 19.6 Å². The molecule has 1 aliphatic heterocycles. The summed E-state index contributed by atoms with van der Waals surface area (Å²) in [4.78, 5) is 26.9. The van der Waals surface area contributed by atoms with Gasteiger partial charge in [0, 0.05) is 24.9 Å². The highest BCUT2D eigenvalue weighted by Crippen LogP contribution is 2.31. The van der Waals surface area contributed by atoms with Crippen molar-refractivity contribution in [3.8, 4) is 5.75 Å². The summed E-state index contributed by atoms with van der Waals surface area (Å²) in [6, 6.07) is 19.7. The number of fused-ring (bicyclic) bond motifs is 1. The Balaban J connectivity index is 1.39. The van der Waals surface area contributed by atoms with Crippen LogP contribution in [0.25, 0.3) is 10.8 Å². The van der Waals surface area contributed by atoms with E-state index in [1.165, 1.54) is 12.1 Å². The first-order chi connectivity index (χ1) is 14.5. The lowest BCUT2D eigenvalue weighted by Crippen LogP contribution is -2.32. The molecule has 30 heavy (non-hydrogen) atoms. The molecule has 0 aromatic heterocycles. The third-order valence-electron chi connectivity index (χ3n) is 5.17. The SMILES string of the molecule is O=C(NCc1ccc(OC(F)F)cc1)C1CC(=O)N(c2cccc3ccccc23)C1. The smallest absolute Gasteiger partial charge is 0.387 e. The van der Waals surface area contributed by atoms with Crippen LogP contribution in [0, 0.1) is 5.92 Å². The second kappa shape index (κ2) is 8.49. The Morgan fingerprint density at radius 1 is 1.07 bits per heavy atom. The highest BCUT2D eigenvalue weighted by Gasteiger charge is 2.35. The minimum Gasteiger partial charge on any atom is -0.435 e. The lowest BCUT2D eigenvalue weighted by atomic mass is 10.1. The van der Waals surface area contributed by atoms with E-state index in [-0.39, 0.29) is 30.5 Å². The molecule has 2 amide bonds. The molecule has 1 saturated heterocycles. The maximum absolute atomic E-state index is 12.6. The third-order valence-corrected chi connectivity index (χ3v) is 5.17. The van der Waals surface area contributed by atoms with Gasteiger partial charge in [0.25, 0.3) is 0 Å². The molecule has 3 aromatic carbocycles. The molecule has 0 aliphatic carbocycles. The van der Waals surface area contributed by atoms with Crippen LogP contribution in [0.15, 0.2) is 66.7 Å². The zero-order valence-electron chi connectivity index (χ0n) is 16.1. The molecule has 3 aromatic rings. The first-order valence-electron chi connectivity index (χ1n) is 9.61. The van der Waals surface area contributed by atoms with E-state index in [0.29, 0.717) is 6.54 Å². The van der Waals surface area contributed by atoms with Gasteiger partial charge in [0.15, 0.2) is 0 Å². The topological polar surface area (TPSA) is 58.6 Å². The van der Waals surface area contributed by atoms with Crippen molar-refractivity contribution >= 4 is 28.3 Å². The number of hydrogen-bond donors (Lipinski definition) is 1. The summed E-state index contributed by atoms with van der Waals surface area (Å²) in [5.74, 6) is -0.677. The van der Waals surface area contributed by atoms with Crippen molar-refractivity contribution in [3.05, 3.63) is 72.3 Å². The van der Waals surface area contributed by atoms with Crippen LogP contribution in [0.1, 0.15) is 12.0 Å². The predicted octanol–water partition coefficient (Wildman–Crippen LogP) is 4.11. The van der Waals surface area contributed by atoms with E-state index in [2.05, 4.69) is 10.1 Å². The van der Waals surface area contributed by atoms with Crippen molar-refractivity contribution in [2.24, 2.45) is 5.92 Å². The van der Waals surface area contributed by atoms with Crippen LogP contribution in [0.4, 0.5) is 14.5 Å². The molecule has 0 saturated carbocycles. The number of halogens is 2. The Morgan fingerprint density at radius 3 is 2.57 bits per heavy atom. The Hall–Kier alpha value is -3.48. The van der Waals surface area contributed by atoms with E-state index in [1.807, 2.05) is 42.5 Å². The van der Waals surface area contributed by atoms with Crippen molar-refractivity contribution in [1.82, 2.24) is 5.32 Å². The molecule has 154 valence electrons. The Morgan fingerprint density at radius 2 is 1.80 bits per heavy atom. The van der Waals surface area contributed by atoms with Crippen LogP contribution in [0.3, 0.4) is 0 Å². The summed E-state index contributed by atoms with van der Waals surface area (Å²) in [7, 11) is 0. The van der Waals surface area contributed by atoms with E-state index in [9.17, 15) is 18.4 Å². The van der Waals surface area contributed by atoms with E-state index >= 15 is 0 Å². The number of carbonyl (C=O) groups is 2. The number of amides is 2. The van der Waals surface area contributed by atoms with Gasteiger partial charge in [0.2, 0.25) is 11.8 Å². The second-order valence-corrected chi connectivity index (χ2v) is 7.14. The molecule has 5 nitrogen and oxygen atoms in total. The number of nitrogens with one attached hydrogen (secondary N) is 1. The second-order valence-electron chi connectivity index (χ2n) is 7.14. The van der Waals surface area contributed by atoms with Gasteiger partial charge < -0.3 is 15.0 Å². The number of carbonyl (C=O) groups excluding carboxylic acids is 2. The van der Waals surface area contributed by atoms with Gasteiger partial charge in [-0.25, -0.2) is 0 Å². The molecule has 0 bridgehead atoms. The quantitative estimate of drug-likeness (QED) is 0.665. The summed E-state index contributed by atoms with van der Waals surface area (Å²) >= 11 is 0. The van der Waals surface area contributed by atoms with Crippen molar-refractivity contribution in [1.29, 1.82) is 0 Å². The molecule has 0 radical (unpaired) electrons. The van der Waals surface area contributed by atoms with Crippen molar-refractivity contribution < 1.29 is 23.1 Å². The Kier molecular flexibility index (Phi) is 5.61. The van der Waals surface area contributed by atoms with Gasteiger partial charge in [-0.2, -0.15) is 8.78 Å². The predicted molar refractivity (Wildman–Crippen MR) is 109 cm³/mol. The lowest BCUT2D eigenvalue weighted by Gasteiger charge is -2.19. The van der Waals surface area contributed by atoms with Gasteiger partial charge in [-0.15, -0.1) is 0 Å². The first kappa shape index (κ1) is 19.8. The standard InChI is InChI=1S/C23H20F2N2O3/c24-23(25)30-18-10-8-15(9-11-18)13-26-22(29)17-12-21(28)27(14-17)20-7-3-5-16-4-1-2-6-19(16)20/h1-11,17,23H,12-14H2,(H,26,29). The number of ether oxygens (including phenoxy) is 1. The van der Waals surface area contributed by atoms with Gasteiger partial charge in [-0.3, -0.25) is 9.59 Å². The average Bonchev–Trinajstić information content (AvgIpc) is 3.14. The molecule has 1 heterocycles. The van der Waals surface area contributed by atoms with Gasteiger partial charge in [0.05, 0.1) is 11.6 Å². The van der Waals surface area contributed by atoms with Crippen LogP contribution in [-0.2, 0) is 16.1 Å². The van der Waals surface area contributed by atoms with Crippen molar-refractivity contribution in [3.63, 3.8) is 0 Å². The highest BCUT2D eigenvalue weighted by molar-refractivity contribution is 6.06. The molecular formula is C23H20F2N2O3. The van der Waals surface area contributed by atoms with Gasteiger partial charge >= 0.3 is 6.61 Å².